The smallest absolute Gasteiger partial charge is 0.219 e. The Labute approximate surface area is 151 Å². The number of aromatic nitrogens is 3. The summed E-state index contributed by atoms with van der Waals surface area (Å²) in [5.74, 6) is 0.809. The summed E-state index contributed by atoms with van der Waals surface area (Å²) in [7, 11) is 0. The molecular formula is C18H24FN5O2. The Hall–Kier alpha value is -2.06. The number of halogens is 1. The molecule has 7 nitrogen and oxygen atoms in total. The Morgan fingerprint density at radius 2 is 2.19 bits per heavy atom. The van der Waals surface area contributed by atoms with Gasteiger partial charge in [0.05, 0.1) is 17.2 Å². The number of alkyl halides is 1. The fourth-order valence-corrected chi connectivity index (χ4v) is 3.93. The quantitative estimate of drug-likeness (QED) is 0.894. The van der Waals surface area contributed by atoms with Gasteiger partial charge < -0.3 is 14.6 Å². The fraction of sp³-hybridized carbons (Fsp3) is 0.611. The maximum absolute atomic E-state index is 14.4. The number of rotatable bonds is 4. The second kappa shape index (κ2) is 7.28. The Morgan fingerprint density at radius 3 is 2.92 bits per heavy atom. The fourth-order valence-electron chi connectivity index (χ4n) is 3.93. The van der Waals surface area contributed by atoms with Crippen LogP contribution in [-0.4, -0.2) is 75.2 Å². The first-order chi connectivity index (χ1) is 12.6. The Balaban J connectivity index is 1.30. The second-order valence-corrected chi connectivity index (χ2v) is 7.13. The monoisotopic (exact) mass is 361 g/mol. The van der Waals surface area contributed by atoms with E-state index in [-0.39, 0.29) is 12.5 Å². The standard InChI is InChI=1S/C18H24FN5O2/c1-12(25)23-6-3-13(4-7-23)24-9-14(19)17(10-24)26-11-18-21-15-2-5-20-8-16(15)22-18/h2,5,8,13-14,17H,3-4,6-7,9-11H2,1H3,(H,21,22). The molecule has 4 heterocycles. The summed E-state index contributed by atoms with van der Waals surface area (Å²) in [6.45, 7) is 4.37. The molecule has 8 heteroatoms. The van der Waals surface area contributed by atoms with Gasteiger partial charge in [-0.1, -0.05) is 0 Å². The summed E-state index contributed by atoms with van der Waals surface area (Å²) in [4.78, 5) is 27.1. The van der Waals surface area contributed by atoms with Gasteiger partial charge in [-0.3, -0.25) is 14.7 Å². The third-order valence-electron chi connectivity index (χ3n) is 5.42. The van der Waals surface area contributed by atoms with Crippen molar-refractivity contribution in [2.45, 2.75) is 44.7 Å². The van der Waals surface area contributed by atoms with E-state index in [1.54, 1.807) is 19.3 Å². The van der Waals surface area contributed by atoms with Crippen LogP contribution in [0, 0.1) is 0 Å². The number of pyridine rings is 1. The number of H-pyrrole nitrogens is 1. The average Bonchev–Trinajstić information content (AvgIpc) is 3.23. The summed E-state index contributed by atoms with van der Waals surface area (Å²) in [5, 5.41) is 0. The van der Waals surface area contributed by atoms with Crippen molar-refractivity contribution < 1.29 is 13.9 Å². The molecule has 0 spiro atoms. The molecule has 2 fully saturated rings. The number of ether oxygens (including phenoxy) is 1. The number of carbonyl (C=O) groups is 1. The maximum atomic E-state index is 14.4. The molecule has 0 aromatic carbocycles. The van der Waals surface area contributed by atoms with E-state index in [4.69, 9.17) is 4.74 Å². The molecular weight excluding hydrogens is 337 g/mol. The zero-order chi connectivity index (χ0) is 18.1. The zero-order valence-electron chi connectivity index (χ0n) is 14.9. The van der Waals surface area contributed by atoms with Crippen LogP contribution in [0.4, 0.5) is 4.39 Å². The van der Waals surface area contributed by atoms with Crippen LogP contribution < -0.4 is 0 Å². The topological polar surface area (TPSA) is 74.3 Å². The minimum absolute atomic E-state index is 0.121. The summed E-state index contributed by atoms with van der Waals surface area (Å²) >= 11 is 0. The normalized spacial score (nSPS) is 25.2. The average molecular weight is 361 g/mol. The summed E-state index contributed by atoms with van der Waals surface area (Å²) in [6, 6.07) is 2.16. The predicted octanol–water partition coefficient (Wildman–Crippen LogP) is 1.51. The van der Waals surface area contributed by atoms with Gasteiger partial charge in [0.2, 0.25) is 5.91 Å². The molecule has 140 valence electrons. The van der Waals surface area contributed by atoms with Gasteiger partial charge in [-0.25, -0.2) is 9.37 Å². The molecule has 0 bridgehead atoms. The van der Waals surface area contributed by atoms with E-state index in [2.05, 4.69) is 19.9 Å². The van der Waals surface area contributed by atoms with Gasteiger partial charge >= 0.3 is 0 Å². The molecule has 0 saturated carbocycles. The van der Waals surface area contributed by atoms with Gasteiger partial charge in [0.15, 0.2) is 0 Å². The lowest BCUT2D eigenvalue weighted by Gasteiger charge is -2.36. The van der Waals surface area contributed by atoms with Crippen molar-refractivity contribution >= 4 is 16.9 Å². The number of amides is 1. The minimum atomic E-state index is -0.994. The number of hydrogen-bond acceptors (Lipinski definition) is 5. The molecule has 0 aliphatic carbocycles. The first-order valence-electron chi connectivity index (χ1n) is 9.14. The molecule has 2 atom stereocenters. The van der Waals surface area contributed by atoms with Crippen molar-refractivity contribution in [2.24, 2.45) is 0 Å². The van der Waals surface area contributed by atoms with Crippen LogP contribution in [0.2, 0.25) is 0 Å². The van der Waals surface area contributed by atoms with E-state index in [1.165, 1.54) is 0 Å². The van der Waals surface area contributed by atoms with Crippen LogP contribution in [0.5, 0.6) is 0 Å². The van der Waals surface area contributed by atoms with Crippen LogP contribution in [0.15, 0.2) is 18.5 Å². The number of likely N-dealkylation sites (tertiary alicyclic amines) is 2. The van der Waals surface area contributed by atoms with E-state index in [9.17, 15) is 9.18 Å². The minimum Gasteiger partial charge on any atom is -0.366 e. The number of aromatic amines is 1. The lowest BCUT2D eigenvalue weighted by atomic mass is 10.0. The van der Waals surface area contributed by atoms with Gasteiger partial charge in [0.1, 0.15) is 24.7 Å². The lowest BCUT2D eigenvalue weighted by molar-refractivity contribution is -0.130. The summed E-state index contributed by atoms with van der Waals surface area (Å²) < 4.78 is 20.2. The molecule has 2 aromatic heterocycles. The predicted molar refractivity (Wildman–Crippen MR) is 94.2 cm³/mol. The lowest BCUT2D eigenvalue weighted by Crippen LogP contribution is -2.45. The molecule has 2 unspecified atom stereocenters. The highest BCUT2D eigenvalue weighted by Crippen LogP contribution is 2.25. The molecule has 0 radical (unpaired) electrons. The van der Waals surface area contributed by atoms with Crippen LogP contribution >= 0.6 is 0 Å². The molecule has 4 rings (SSSR count). The second-order valence-electron chi connectivity index (χ2n) is 7.13. The van der Waals surface area contributed by atoms with E-state index in [0.717, 1.165) is 37.0 Å². The Bertz CT molecular complexity index is 741. The van der Waals surface area contributed by atoms with Crippen LogP contribution in [-0.2, 0) is 16.1 Å². The highest BCUT2D eigenvalue weighted by molar-refractivity contribution is 5.73. The Morgan fingerprint density at radius 1 is 1.38 bits per heavy atom. The van der Waals surface area contributed by atoms with E-state index in [1.807, 2.05) is 11.0 Å². The van der Waals surface area contributed by atoms with Gasteiger partial charge in [0.25, 0.3) is 0 Å². The molecule has 1 N–H and O–H groups in total. The molecule has 26 heavy (non-hydrogen) atoms. The van der Waals surface area contributed by atoms with Gasteiger partial charge in [0, 0.05) is 45.3 Å². The number of imidazole rings is 1. The largest absolute Gasteiger partial charge is 0.366 e. The zero-order valence-corrected chi connectivity index (χ0v) is 14.9. The number of fused-ring (bicyclic) bond motifs is 1. The van der Waals surface area contributed by atoms with E-state index in [0.29, 0.717) is 25.0 Å². The Kier molecular flexibility index (Phi) is 4.86. The van der Waals surface area contributed by atoms with Crippen LogP contribution in [0.25, 0.3) is 11.0 Å². The molecule has 2 saturated heterocycles. The molecule has 2 aliphatic rings. The van der Waals surface area contributed by atoms with Gasteiger partial charge in [-0.05, 0) is 18.9 Å². The van der Waals surface area contributed by atoms with E-state index < -0.39 is 12.3 Å². The van der Waals surface area contributed by atoms with Crippen molar-refractivity contribution in [3.8, 4) is 0 Å². The maximum Gasteiger partial charge on any atom is 0.219 e. The third-order valence-corrected chi connectivity index (χ3v) is 5.42. The number of carbonyl (C=O) groups excluding carboxylic acids is 1. The number of piperidine rings is 1. The van der Waals surface area contributed by atoms with Crippen molar-refractivity contribution in [3.05, 3.63) is 24.3 Å². The SMILES string of the molecule is CC(=O)N1CCC(N2CC(F)C(OCc3nc4ccncc4[nH]3)C2)CC1. The van der Waals surface area contributed by atoms with Crippen LogP contribution in [0.1, 0.15) is 25.6 Å². The highest BCUT2D eigenvalue weighted by Gasteiger charge is 2.38. The molecule has 2 aromatic rings. The molecule has 2 aliphatic heterocycles. The first-order valence-corrected chi connectivity index (χ1v) is 9.14. The first kappa shape index (κ1) is 17.4. The third kappa shape index (κ3) is 3.57. The van der Waals surface area contributed by atoms with Crippen LogP contribution in [0.3, 0.4) is 0 Å². The number of hydrogen-bond donors (Lipinski definition) is 1. The van der Waals surface area contributed by atoms with Gasteiger partial charge in [-0.15, -0.1) is 0 Å². The summed E-state index contributed by atoms with van der Waals surface area (Å²) in [5.41, 5.74) is 1.69. The summed E-state index contributed by atoms with van der Waals surface area (Å²) in [6.07, 6.45) is 3.77. The number of nitrogens with one attached hydrogen (secondary N) is 1. The number of nitrogens with zero attached hydrogens (tertiary/aromatic N) is 4. The van der Waals surface area contributed by atoms with Gasteiger partial charge in [-0.2, -0.15) is 0 Å². The highest BCUT2D eigenvalue weighted by atomic mass is 19.1. The van der Waals surface area contributed by atoms with Crippen molar-refractivity contribution in [2.75, 3.05) is 26.2 Å². The van der Waals surface area contributed by atoms with Crippen molar-refractivity contribution in [1.29, 1.82) is 0 Å². The van der Waals surface area contributed by atoms with Crippen molar-refractivity contribution in [1.82, 2.24) is 24.8 Å². The van der Waals surface area contributed by atoms with Crippen molar-refractivity contribution in [3.63, 3.8) is 0 Å². The van der Waals surface area contributed by atoms with E-state index >= 15 is 0 Å². The molecule has 1 amide bonds.